The average Bonchev–Trinajstić information content (AvgIpc) is 3.05. The molecule has 0 aliphatic rings. The highest BCUT2D eigenvalue weighted by Gasteiger charge is 2.04. The predicted octanol–water partition coefficient (Wildman–Crippen LogP) is 3.32. The van der Waals surface area contributed by atoms with Crippen molar-refractivity contribution in [3.05, 3.63) is 65.2 Å². The van der Waals surface area contributed by atoms with Crippen molar-refractivity contribution in [2.75, 3.05) is 12.3 Å². The molecule has 0 aliphatic heterocycles. The predicted molar refractivity (Wildman–Crippen MR) is 91.8 cm³/mol. The van der Waals surface area contributed by atoms with Crippen molar-refractivity contribution in [1.29, 1.82) is 0 Å². The van der Waals surface area contributed by atoms with Crippen LogP contribution >= 0.6 is 11.3 Å². The van der Waals surface area contributed by atoms with Gasteiger partial charge in [-0.25, -0.2) is 4.98 Å². The molecule has 2 aromatic heterocycles. The van der Waals surface area contributed by atoms with Crippen molar-refractivity contribution in [2.24, 2.45) is 0 Å². The van der Waals surface area contributed by atoms with Crippen LogP contribution < -0.4 is 11.1 Å². The zero-order chi connectivity index (χ0) is 15.4. The number of pyridine rings is 1. The van der Waals surface area contributed by atoms with E-state index in [4.69, 9.17) is 5.73 Å². The molecule has 0 saturated carbocycles. The number of rotatable bonds is 4. The van der Waals surface area contributed by atoms with E-state index in [1.54, 1.807) is 29.7 Å². The van der Waals surface area contributed by atoms with Gasteiger partial charge in [0.05, 0.1) is 0 Å². The SMILES string of the molecule is Nc1ncc(/C=C/CNC(=O)c2ccccc2)c2sccc12. The van der Waals surface area contributed by atoms with E-state index in [0.29, 0.717) is 17.9 Å². The third kappa shape index (κ3) is 2.99. The van der Waals surface area contributed by atoms with Crippen LogP contribution in [0.2, 0.25) is 0 Å². The quantitative estimate of drug-likeness (QED) is 0.777. The Bertz CT molecular complexity index is 824. The zero-order valence-electron chi connectivity index (χ0n) is 11.8. The number of fused-ring (bicyclic) bond motifs is 1. The summed E-state index contributed by atoms with van der Waals surface area (Å²) < 4.78 is 1.11. The molecule has 5 heteroatoms. The normalized spacial score (nSPS) is 11.1. The van der Waals surface area contributed by atoms with Crippen LogP contribution in [0.15, 0.2) is 54.1 Å². The van der Waals surface area contributed by atoms with E-state index in [1.807, 2.05) is 41.8 Å². The Morgan fingerprint density at radius 2 is 2.09 bits per heavy atom. The molecule has 22 heavy (non-hydrogen) atoms. The van der Waals surface area contributed by atoms with Gasteiger partial charge < -0.3 is 11.1 Å². The van der Waals surface area contributed by atoms with Crippen molar-refractivity contribution in [3.63, 3.8) is 0 Å². The zero-order valence-corrected chi connectivity index (χ0v) is 12.6. The number of aromatic nitrogens is 1. The summed E-state index contributed by atoms with van der Waals surface area (Å²) in [7, 11) is 0. The average molecular weight is 309 g/mol. The third-order valence-electron chi connectivity index (χ3n) is 3.26. The van der Waals surface area contributed by atoms with Gasteiger partial charge in [0.2, 0.25) is 0 Å². The largest absolute Gasteiger partial charge is 0.383 e. The lowest BCUT2D eigenvalue weighted by Crippen LogP contribution is -2.23. The molecule has 0 fully saturated rings. The highest BCUT2D eigenvalue weighted by molar-refractivity contribution is 7.17. The van der Waals surface area contributed by atoms with Gasteiger partial charge in [0.15, 0.2) is 0 Å². The number of nitrogen functional groups attached to an aromatic ring is 1. The van der Waals surface area contributed by atoms with Gasteiger partial charge in [-0.15, -0.1) is 11.3 Å². The minimum Gasteiger partial charge on any atom is -0.383 e. The van der Waals surface area contributed by atoms with E-state index in [0.717, 1.165) is 15.6 Å². The molecule has 0 aliphatic carbocycles. The van der Waals surface area contributed by atoms with Gasteiger partial charge in [-0.3, -0.25) is 4.79 Å². The van der Waals surface area contributed by atoms with Crippen LogP contribution in [0.1, 0.15) is 15.9 Å². The smallest absolute Gasteiger partial charge is 0.251 e. The number of hydrogen-bond donors (Lipinski definition) is 2. The molecule has 1 aromatic carbocycles. The molecule has 0 saturated heterocycles. The lowest BCUT2D eigenvalue weighted by molar-refractivity contribution is 0.0958. The van der Waals surface area contributed by atoms with Crippen LogP contribution in [0.5, 0.6) is 0 Å². The fourth-order valence-corrected chi connectivity index (χ4v) is 3.05. The number of nitrogens with zero attached hydrogens (tertiary/aromatic N) is 1. The summed E-state index contributed by atoms with van der Waals surface area (Å²) in [4.78, 5) is 16.1. The standard InChI is InChI=1S/C17H15N3OS/c18-16-14-8-10-22-15(14)13(11-20-16)7-4-9-19-17(21)12-5-2-1-3-6-12/h1-8,10-11H,9H2,(H2,18,20)(H,19,21)/b7-4+. The van der Waals surface area contributed by atoms with E-state index >= 15 is 0 Å². The number of carbonyl (C=O) groups is 1. The fourth-order valence-electron chi connectivity index (χ4n) is 2.15. The minimum atomic E-state index is -0.0815. The van der Waals surface area contributed by atoms with Crippen molar-refractivity contribution in [1.82, 2.24) is 10.3 Å². The first-order chi connectivity index (χ1) is 10.8. The maximum atomic E-state index is 11.9. The van der Waals surface area contributed by atoms with Gasteiger partial charge in [-0.05, 0) is 23.6 Å². The van der Waals surface area contributed by atoms with E-state index in [1.165, 1.54) is 0 Å². The Hall–Kier alpha value is -2.66. The fraction of sp³-hybridized carbons (Fsp3) is 0.0588. The van der Waals surface area contributed by atoms with Crippen molar-refractivity contribution in [2.45, 2.75) is 0 Å². The lowest BCUT2D eigenvalue weighted by atomic mass is 10.2. The van der Waals surface area contributed by atoms with Gasteiger partial charge >= 0.3 is 0 Å². The maximum Gasteiger partial charge on any atom is 0.251 e. The molecular weight excluding hydrogens is 294 g/mol. The summed E-state index contributed by atoms with van der Waals surface area (Å²) in [6.45, 7) is 0.463. The Morgan fingerprint density at radius 3 is 2.91 bits per heavy atom. The number of nitrogens with one attached hydrogen (secondary N) is 1. The highest BCUT2D eigenvalue weighted by atomic mass is 32.1. The third-order valence-corrected chi connectivity index (χ3v) is 4.22. The van der Waals surface area contributed by atoms with Crippen LogP contribution in [0.25, 0.3) is 16.2 Å². The van der Waals surface area contributed by atoms with Crippen LogP contribution in [-0.2, 0) is 0 Å². The second-order valence-corrected chi connectivity index (χ2v) is 5.66. The Labute approximate surface area is 132 Å². The Balaban J connectivity index is 1.66. The molecule has 1 amide bonds. The minimum absolute atomic E-state index is 0.0815. The molecule has 2 heterocycles. The number of carbonyl (C=O) groups excluding carboxylic acids is 1. The van der Waals surface area contributed by atoms with Crippen LogP contribution in [-0.4, -0.2) is 17.4 Å². The first-order valence-electron chi connectivity index (χ1n) is 6.87. The van der Waals surface area contributed by atoms with Crippen LogP contribution in [0.4, 0.5) is 5.82 Å². The number of thiophene rings is 1. The number of benzene rings is 1. The van der Waals surface area contributed by atoms with Gasteiger partial charge in [0, 0.05) is 34.0 Å². The van der Waals surface area contributed by atoms with E-state index in [9.17, 15) is 4.79 Å². The summed E-state index contributed by atoms with van der Waals surface area (Å²) in [5.41, 5.74) is 7.51. The van der Waals surface area contributed by atoms with Gasteiger partial charge in [-0.2, -0.15) is 0 Å². The molecule has 0 bridgehead atoms. The summed E-state index contributed by atoms with van der Waals surface area (Å²) in [5, 5.41) is 5.82. The summed E-state index contributed by atoms with van der Waals surface area (Å²) in [5.74, 6) is 0.465. The van der Waals surface area contributed by atoms with Gasteiger partial charge in [0.1, 0.15) is 5.82 Å². The molecule has 3 rings (SSSR count). The van der Waals surface area contributed by atoms with E-state index in [2.05, 4.69) is 10.3 Å². The molecule has 0 radical (unpaired) electrons. The maximum absolute atomic E-state index is 11.9. The molecule has 3 N–H and O–H groups in total. The van der Waals surface area contributed by atoms with E-state index < -0.39 is 0 Å². The topological polar surface area (TPSA) is 68.0 Å². The van der Waals surface area contributed by atoms with Crippen molar-refractivity contribution < 1.29 is 4.79 Å². The summed E-state index contributed by atoms with van der Waals surface area (Å²) in [6, 6.07) is 11.1. The molecule has 3 aromatic rings. The van der Waals surface area contributed by atoms with E-state index in [-0.39, 0.29) is 5.91 Å². The molecular formula is C17H15N3OS. The van der Waals surface area contributed by atoms with Gasteiger partial charge in [-0.1, -0.05) is 30.4 Å². The second kappa shape index (κ2) is 6.41. The van der Waals surface area contributed by atoms with Gasteiger partial charge in [0.25, 0.3) is 5.91 Å². The Morgan fingerprint density at radius 1 is 1.27 bits per heavy atom. The first-order valence-corrected chi connectivity index (χ1v) is 7.75. The molecule has 110 valence electrons. The monoisotopic (exact) mass is 309 g/mol. The number of hydrogen-bond acceptors (Lipinski definition) is 4. The summed E-state index contributed by atoms with van der Waals surface area (Å²) >= 11 is 1.63. The first kappa shape index (κ1) is 14.3. The van der Waals surface area contributed by atoms with Crippen molar-refractivity contribution >= 4 is 39.2 Å². The molecule has 0 atom stereocenters. The lowest BCUT2D eigenvalue weighted by Gasteiger charge is -2.02. The second-order valence-electron chi connectivity index (χ2n) is 4.74. The summed E-state index contributed by atoms with van der Waals surface area (Å²) in [6.07, 6.45) is 5.62. The number of anilines is 1. The highest BCUT2D eigenvalue weighted by Crippen LogP contribution is 2.28. The molecule has 0 spiro atoms. The number of nitrogens with two attached hydrogens (primary N) is 1. The van der Waals surface area contributed by atoms with Crippen molar-refractivity contribution in [3.8, 4) is 0 Å². The molecule has 0 unspecified atom stereocenters. The Kier molecular flexibility index (Phi) is 4.16. The molecule has 4 nitrogen and oxygen atoms in total. The van der Waals surface area contributed by atoms with Crippen LogP contribution in [0, 0.1) is 0 Å². The number of amides is 1. The van der Waals surface area contributed by atoms with Crippen LogP contribution in [0.3, 0.4) is 0 Å².